The molecule has 2 rings (SSSR count). The van der Waals surface area contributed by atoms with Crippen LogP contribution in [-0.2, 0) is 10.0 Å². The molecule has 0 N–H and O–H groups in total. The van der Waals surface area contributed by atoms with Crippen molar-refractivity contribution < 1.29 is 12.8 Å². The number of nitrogens with zero attached hydrogens (tertiary/aromatic N) is 1. The Labute approximate surface area is 114 Å². The summed E-state index contributed by atoms with van der Waals surface area (Å²) in [6.07, 6.45) is 5.20. The molecule has 106 valence electrons. The first-order valence-corrected chi connectivity index (χ1v) is 8.27. The fourth-order valence-corrected chi connectivity index (χ4v) is 4.43. The maximum absolute atomic E-state index is 12.9. The highest BCUT2D eigenvalue weighted by molar-refractivity contribution is 7.89. The lowest BCUT2D eigenvalue weighted by Gasteiger charge is -2.32. The van der Waals surface area contributed by atoms with Crippen LogP contribution in [0.4, 0.5) is 4.39 Å². The Balaban J connectivity index is 2.27. The van der Waals surface area contributed by atoms with Crippen LogP contribution < -0.4 is 0 Å². The molecule has 0 amide bonds. The first kappa shape index (κ1) is 14.5. The summed E-state index contributed by atoms with van der Waals surface area (Å²) in [4.78, 5) is 0.182. The van der Waals surface area contributed by atoms with Crippen LogP contribution >= 0.6 is 0 Å². The molecule has 1 aliphatic carbocycles. The molecule has 3 nitrogen and oxygen atoms in total. The zero-order valence-corrected chi connectivity index (χ0v) is 12.0. The third kappa shape index (κ3) is 3.15. The largest absolute Gasteiger partial charge is 0.243 e. The molecule has 0 aliphatic heterocycles. The van der Waals surface area contributed by atoms with Crippen LogP contribution in [0.1, 0.15) is 39.0 Å². The van der Waals surface area contributed by atoms with E-state index < -0.39 is 15.8 Å². The smallest absolute Gasteiger partial charge is 0.207 e. The number of rotatable bonds is 4. The first-order chi connectivity index (χ1) is 9.05. The summed E-state index contributed by atoms with van der Waals surface area (Å²) < 4.78 is 39.6. The molecule has 19 heavy (non-hydrogen) atoms. The average molecular weight is 285 g/mol. The zero-order chi connectivity index (χ0) is 13.9. The van der Waals surface area contributed by atoms with Crippen LogP contribution in [0.2, 0.25) is 0 Å². The fourth-order valence-electron chi connectivity index (χ4n) is 2.74. The Kier molecular flexibility index (Phi) is 4.58. The molecule has 0 unspecified atom stereocenters. The van der Waals surface area contributed by atoms with Crippen molar-refractivity contribution in [3.8, 4) is 0 Å². The van der Waals surface area contributed by atoms with Crippen LogP contribution in [0.5, 0.6) is 0 Å². The van der Waals surface area contributed by atoms with Crippen LogP contribution in [-0.4, -0.2) is 25.3 Å². The molecular formula is C14H20FNO2S. The fraction of sp³-hybridized carbons (Fsp3) is 0.571. The highest BCUT2D eigenvalue weighted by atomic mass is 32.2. The lowest BCUT2D eigenvalue weighted by Crippen LogP contribution is -2.41. The molecule has 1 aromatic rings. The maximum Gasteiger partial charge on any atom is 0.243 e. The van der Waals surface area contributed by atoms with E-state index in [1.54, 1.807) is 4.31 Å². The molecule has 0 heterocycles. The van der Waals surface area contributed by atoms with Crippen molar-refractivity contribution in [2.24, 2.45) is 0 Å². The summed E-state index contributed by atoms with van der Waals surface area (Å²) >= 11 is 0. The molecule has 0 radical (unpaired) electrons. The minimum absolute atomic E-state index is 0.0915. The summed E-state index contributed by atoms with van der Waals surface area (Å²) in [5.74, 6) is -0.417. The van der Waals surface area contributed by atoms with E-state index in [0.717, 1.165) is 25.7 Å². The molecule has 0 aromatic heterocycles. The Morgan fingerprint density at radius 2 is 1.74 bits per heavy atom. The SMILES string of the molecule is CCN(C1CCCCC1)S(=O)(=O)c1ccc(F)cc1. The summed E-state index contributed by atoms with van der Waals surface area (Å²) in [7, 11) is -3.50. The van der Waals surface area contributed by atoms with Crippen molar-refractivity contribution in [2.45, 2.75) is 50.0 Å². The van der Waals surface area contributed by atoms with Gasteiger partial charge in [0, 0.05) is 12.6 Å². The van der Waals surface area contributed by atoms with Gasteiger partial charge in [-0.2, -0.15) is 4.31 Å². The molecule has 5 heteroatoms. The second-order valence-corrected chi connectivity index (χ2v) is 6.84. The molecule has 0 atom stereocenters. The average Bonchev–Trinajstić information content (AvgIpc) is 2.41. The van der Waals surface area contributed by atoms with Crippen LogP contribution in [0, 0.1) is 5.82 Å². The van der Waals surface area contributed by atoms with Crippen molar-refractivity contribution in [1.82, 2.24) is 4.31 Å². The van der Waals surface area contributed by atoms with Gasteiger partial charge in [0.1, 0.15) is 5.82 Å². The van der Waals surface area contributed by atoms with E-state index in [1.807, 2.05) is 6.92 Å². The Morgan fingerprint density at radius 3 is 2.26 bits per heavy atom. The predicted octanol–water partition coefficient (Wildman–Crippen LogP) is 3.17. The van der Waals surface area contributed by atoms with Crippen LogP contribution in [0.15, 0.2) is 29.2 Å². The number of benzene rings is 1. The third-order valence-corrected chi connectivity index (χ3v) is 5.76. The lowest BCUT2D eigenvalue weighted by molar-refractivity contribution is 0.261. The van der Waals surface area contributed by atoms with E-state index in [0.29, 0.717) is 6.54 Å². The quantitative estimate of drug-likeness (QED) is 0.852. The molecule has 0 saturated heterocycles. The normalized spacial score (nSPS) is 17.8. The minimum atomic E-state index is -3.50. The standard InChI is InChI=1S/C14H20FNO2S/c1-2-16(13-6-4-3-5-7-13)19(17,18)14-10-8-12(15)9-11-14/h8-11,13H,2-7H2,1H3. The van der Waals surface area contributed by atoms with Gasteiger partial charge in [0.05, 0.1) is 4.90 Å². The Morgan fingerprint density at radius 1 is 1.16 bits per heavy atom. The zero-order valence-electron chi connectivity index (χ0n) is 11.2. The maximum atomic E-state index is 12.9. The minimum Gasteiger partial charge on any atom is -0.207 e. The van der Waals surface area contributed by atoms with Crippen molar-refractivity contribution in [3.05, 3.63) is 30.1 Å². The number of hydrogen-bond donors (Lipinski definition) is 0. The third-order valence-electron chi connectivity index (χ3n) is 3.71. The predicted molar refractivity (Wildman–Crippen MR) is 72.8 cm³/mol. The second kappa shape index (κ2) is 6.01. The van der Waals surface area contributed by atoms with Crippen molar-refractivity contribution in [3.63, 3.8) is 0 Å². The van der Waals surface area contributed by atoms with Crippen LogP contribution in [0.25, 0.3) is 0 Å². The van der Waals surface area contributed by atoms with Gasteiger partial charge in [-0.3, -0.25) is 0 Å². The van der Waals surface area contributed by atoms with Gasteiger partial charge in [-0.25, -0.2) is 12.8 Å². The van der Waals surface area contributed by atoms with Gasteiger partial charge in [0.15, 0.2) is 0 Å². The molecule has 1 fully saturated rings. The highest BCUT2D eigenvalue weighted by Crippen LogP contribution is 2.27. The van der Waals surface area contributed by atoms with Gasteiger partial charge in [-0.15, -0.1) is 0 Å². The van der Waals surface area contributed by atoms with E-state index in [2.05, 4.69) is 0 Å². The molecular weight excluding hydrogens is 265 g/mol. The van der Waals surface area contributed by atoms with Gasteiger partial charge in [0.2, 0.25) is 10.0 Å². The van der Waals surface area contributed by atoms with Crippen molar-refractivity contribution in [1.29, 1.82) is 0 Å². The number of sulfonamides is 1. The van der Waals surface area contributed by atoms with Gasteiger partial charge < -0.3 is 0 Å². The molecule has 1 aromatic carbocycles. The van der Waals surface area contributed by atoms with Gasteiger partial charge in [-0.1, -0.05) is 26.2 Å². The molecule has 0 bridgehead atoms. The van der Waals surface area contributed by atoms with E-state index in [4.69, 9.17) is 0 Å². The lowest BCUT2D eigenvalue weighted by atomic mass is 9.95. The van der Waals surface area contributed by atoms with E-state index in [-0.39, 0.29) is 10.9 Å². The van der Waals surface area contributed by atoms with Crippen molar-refractivity contribution in [2.75, 3.05) is 6.54 Å². The van der Waals surface area contributed by atoms with Crippen molar-refractivity contribution >= 4 is 10.0 Å². The molecule has 1 aliphatic rings. The van der Waals surface area contributed by atoms with Gasteiger partial charge in [-0.05, 0) is 37.1 Å². The van der Waals surface area contributed by atoms with E-state index >= 15 is 0 Å². The number of halogens is 1. The molecule has 1 saturated carbocycles. The van der Waals surface area contributed by atoms with E-state index in [9.17, 15) is 12.8 Å². The Bertz CT molecular complexity index is 507. The summed E-state index contributed by atoms with van der Waals surface area (Å²) in [6.45, 7) is 2.32. The first-order valence-electron chi connectivity index (χ1n) is 6.83. The highest BCUT2D eigenvalue weighted by Gasteiger charge is 2.30. The van der Waals surface area contributed by atoms with Gasteiger partial charge in [0.25, 0.3) is 0 Å². The number of hydrogen-bond acceptors (Lipinski definition) is 2. The Hall–Kier alpha value is -0.940. The topological polar surface area (TPSA) is 37.4 Å². The summed E-state index contributed by atoms with van der Waals surface area (Å²) in [5.41, 5.74) is 0. The summed E-state index contributed by atoms with van der Waals surface area (Å²) in [5, 5.41) is 0. The monoisotopic (exact) mass is 285 g/mol. The summed E-state index contributed by atoms with van der Waals surface area (Å²) in [6, 6.07) is 5.17. The van der Waals surface area contributed by atoms with Crippen LogP contribution in [0.3, 0.4) is 0 Å². The van der Waals surface area contributed by atoms with Gasteiger partial charge >= 0.3 is 0 Å². The molecule has 0 spiro atoms. The van der Waals surface area contributed by atoms with E-state index in [1.165, 1.54) is 30.7 Å². The second-order valence-electron chi connectivity index (χ2n) is 4.95.